The van der Waals surface area contributed by atoms with Crippen LogP contribution in [-0.4, -0.2) is 24.0 Å². The van der Waals surface area contributed by atoms with Gasteiger partial charge in [-0.25, -0.2) is 4.79 Å². The first kappa shape index (κ1) is 15.0. The van der Waals surface area contributed by atoms with E-state index in [9.17, 15) is 14.4 Å². The molecule has 0 aromatic heterocycles. The van der Waals surface area contributed by atoms with Gasteiger partial charge in [-0.05, 0) is 25.3 Å². The molecule has 0 unspecified atom stereocenters. The minimum absolute atomic E-state index is 0.0767. The maximum atomic E-state index is 11.7. The van der Waals surface area contributed by atoms with Crippen LogP contribution in [0.25, 0.3) is 0 Å². The van der Waals surface area contributed by atoms with Gasteiger partial charge in [0.15, 0.2) is 6.10 Å². The molecule has 1 atom stereocenters. The van der Waals surface area contributed by atoms with Gasteiger partial charge >= 0.3 is 12.0 Å². The first-order chi connectivity index (χ1) is 10.1. The number of imide groups is 1. The van der Waals surface area contributed by atoms with Crippen LogP contribution in [0.1, 0.15) is 25.3 Å². The summed E-state index contributed by atoms with van der Waals surface area (Å²) >= 11 is 0. The average Bonchev–Trinajstić information content (AvgIpc) is 3.30. The summed E-state index contributed by atoms with van der Waals surface area (Å²) in [7, 11) is 0. The Hall–Kier alpha value is -2.37. The Kier molecular flexibility index (Phi) is 4.92. The Bertz CT molecular complexity index is 526. The quantitative estimate of drug-likeness (QED) is 0.802. The number of hydrogen-bond acceptors (Lipinski definition) is 4. The van der Waals surface area contributed by atoms with E-state index in [0.29, 0.717) is 6.54 Å². The molecule has 0 heterocycles. The van der Waals surface area contributed by atoms with E-state index in [4.69, 9.17) is 4.74 Å². The number of carbonyl (C=O) groups is 3. The molecule has 1 saturated carbocycles. The van der Waals surface area contributed by atoms with Gasteiger partial charge < -0.3 is 10.1 Å². The normalized spacial score (nSPS) is 14.9. The molecule has 112 valence electrons. The van der Waals surface area contributed by atoms with Crippen molar-refractivity contribution in [1.82, 2.24) is 10.6 Å². The monoisotopic (exact) mass is 290 g/mol. The molecule has 1 aromatic rings. The highest BCUT2D eigenvalue weighted by Gasteiger charge is 2.33. The lowest BCUT2D eigenvalue weighted by Gasteiger charge is -2.13. The Morgan fingerprint density at radius 3 is 2.52 bits per heavy atom. The van der Waals surface area contributed by atoms with Crippen LogP contribution in [0.3, 0.4) is 0 Å². The zero-order valence-corrected chi connectivity index (χ0v) is 11.8. The number of amides is 3. The van der Waals surface area contributed by atoms with Gasteiger partial charge in [0, 0.05) is 6.54 Å². The number of hydrogen-bond donors (Lipinski definition) is 2. The van der Waals surface area contributed by atoms with E-state index in [-0.39, 0.29) is 11.9 Å². The number of benzene rings is 1. The fourth-order valence-electron chi connectivity index (χ4n) is 1.68. The molecule has 1 fully saturated rings. The Balaban J connectivity index is 1.71. The molecule has 3 amide bonds. The maximum absolute atomic E-state index is 11.7. The average molecular weight is 290 g/mol. The van der Waals surface area contributed by atoms with Crippen LogP contribution in [0.5, 0.6) is 0 Å². The minimum atomic E-state index is -0.972. The van der Waals surface area contributed by atoms with Gasteiger partial charge in [-0.2, -0.15) is 0 Å². The highest BCUT2D eigenvalue weighted by atomic mass is 16.5. The second kappa shape index (κ2) is 6.88. The third kappa shape index (κ3) is 4.91. The third-order valence-corrected chi connectivity index (χ3v) is 3.11. The zero-order valence-electron chi connectivity index (χ0n) is 11.8. The van der Waals surface area contributed by atoms with Gasteiger partial charge in [-0.15, -0.1) is 0 Å². The molecule has 6 heteroatoms. The van der Waals surface area contributed by atoms with Crippen molar-refractivity contribution in [3.05, 3.63) is 35.9 Å². The van der Waals surface area contributed by atoms with E-state index in [1.165, 1.54) is 6.92 Å². The van der Waals surface area contributed by atoms with E-state index in [2.05, 4.69) is 10.6 Å². The SMILES string of the molecule is C[C@@H](OC(=O)C1CC1)C(=O)NC(=O)NCc1ccccc1. The molecule has 0 bridgehead atoms. The number of nitrogens with one attached hydrogen (secondary N) is 2. The van der Waals surface area contributed by atoms with Crippen LogP contribution in [0.2, 0.25) is 0 Å². The molecule has 0 radical (unpaired) electrons. The molecule has 1 aliphatic rings. The van der Waals surface area contributed by atoms with Crippen LogP contribution in [0.4, 0.5) is 4.79 Å². The van der Waals surface area contributed by atoms with E-state index in [1.807, 2.05) is 30.3 Å². The summed E-state index contributed by atoms with van der Waals surface area (Å²) in [6, 6.07) is 8.71. The largest absolute Gasteiger partial charge is 0.452 e. The van der Waals surface area contributed by atoms with Gasteiger partial charge in [-0.3, -0.25) is 14.9 Å². The van der Waals surface area contributed by atoms with Gasteiger partial charge in [0.05, 0.1) is 5.92 Å². The van der Waals surface area contributed by atoms with Crippen LogP contribution in [-0.2, 0) is 20.9 Å². The molecular weight excluding hydrogens is 272 g/mol. The van der Waals surface area contributed by atoms with Gasteiger partial charge in [0.1, 0.15) is 0 Å². The van der Waals surface area contributed by atoms with Crippen molar-refractivity contribution in [1.29, 1.82) is 0 Å². The van der Waals surface area contributed by atoms with Gasteiger partial charge in [0.2, 0.25) is 0 Å². The predicted octanol–water partition coefficient (Wildman–Crippen LogP) is 1.35. The Labute approximate surface area is 122 Å². The van der Waals surface area contributed by atoms with E-state index >= 15 is 0 Å². The summed E-state index contributed by atoms with van der Waals surface area (Å²) in [6.45, 7) is 1.76. The molecule has 0 aliphatic heterocycles. The number of rotatable bonds is 5. The summed E-state index contributed by atoms with van der Waals surface area (Å²) in [6.07, 6.45) is 0.649. The number of ether oxygens (including phenoxy) is 1. The van der Waals surface area contributed by atoms with Crippen LogP contribution >= 0.6 is 0 Å². The predicted molar refractivity (Wildman–Crippen MR) is 75.1 cm³/mol. The highest BCUT2D eigenvalue weighted by molar-refractivity contribution is 5.97. The van der Waals surface area contributed by atoms with Crippen molar-refractivity contribution < 1.29 is 19.1 Å². The number of urea groups is 1. The Morgan fingerprint density at radius 1 is 1.24 bits per heavy atom. The summed E-state index contributed by atoms with van der Waals surface area (Å²) in [4.78, 5) is 34.7. The Morgan fingerprint density at radius 2 is 1.90 bits per heavy atom. The number of carbonyl (C=O) groups excluding carboxylic acids is 3. The van der Waals surface area contributed by atoms with E-state index in [0.717, 1.165) is 18.4 Å². The fourth-order valence-corrected chi connectivity index (χ4v) is 1.68. The van der Waals surface area contributed by atoms with Crippen LogP contribution in [0.15, 0.2) is 30.3 Å². The summed E-state index contributed by atoms with van der Waals surface area (Å²) < 4.78 is 4.97. The van der Waals surface area contributed by atoms with Crippen LogP contribution in [0, 0.1) is 5.92 Å². The summed E-state index contributed by atoms with van der Waals surface area (Å²) in [5.74, 6) is -1.08. The fraction of sp³-hybridized carbons (Fsp3) is 0.400. The third-order valence-electron chi connectivity index (χ3n) is 3.11. The minimum Gasteiger partial charge on any atom is -0.452 e. The molecule has 2 N–H and O–H groups in total. The van der Waals surface area contributed by atoms with Gasteiger partial charge in [-0.1, -0.05) is 30.3 Å². The van der Waals surface area contributed by atoms with Crippen molar-refractivity contribution >= 4 is 17.9 Å². The number of esters is 1. The highest BCUT2D eigenvalue weighted by Crippen LogP contribution is 2.30. The molecule has 6 nitrogen and oxygen atoms in total. The van der Waals surface area contributed by atoms with Crippen molar-refractivity contribution in [3.8, 4) is 0 Å². The first-order valence-corrected chi connectivity index (χ1v) is 6.89. The standard InChI is InChI=1S/C15H18N2O4/c1-10(21-14(19)12-7-8-12)13(18)17-15(20)16-9-11-5-3-2-4-6-11/h2-6,10,12H,7-9H2,1H3,(H2,16,17,18,20)/t10-/m1/s1. The molecule has 1 aliphatic carbocycles. The van der Waals surface area contributed by atoms with Crippen molar-refractivity contribution in [2.24, 2.45) is 5.92 Å². The van der Waals surface area contributed by atoms with Crippen LogP contribution < -0.4 is 10.6 Å². The van der Waals surface area contributed by atoms with Crippen molar-refractivity contribution in [2.45, 2.75) is 32.4 Å². The molecule has 0 saturated heterocycles. The maximum Gasteiger partial charge on any atom is 0.321 e. The van der Waals surface area contributed by atoms with Crippen molar-refractivity contribution in [3.63, 3.8) is 0 Å². The first-order valence-electron chi connectivity index (χ1n) is 6.89. The molecule has 0 spiro atoms. The second-order valence-electron chi connectivity index (χ2n) is 5.01. The summed E-state index contributed by atoms with van der Waals surface area (Å²) in [5.41, 5.74) is 0.924. The van der Waals surface area contributed by atoms with E-state index < -0.39 is 18.0 Å². The zero-order chi connectivity index (χ0) is 15.2. The smallest absolute Gasteiger partial charge is 0.321 e. The molecule has 2 rings (SSSR count). The molecule has 21 heavy (non-hydrogen) atoms. The molecule has 1 aromatic carbocycles. The lowest BCUT2D eigenvalue weighted by atomic mass is 10.2. The van der Waals surface area contributed by atoms with Crippen molar-refractivity contribution in [2.75, 3.05) is 0 Å². The van der Waals surface area contributed by atoms with E-state index in [1.54, 1.807) is 0 Å². The molecular formula is C15H18N2O4. The summed E-state index contributed by atoms with van der Waals surface area (Å²) in [5, 5.41) is 4.71. The van der Waals surface area contributed by atoms with Gasteiger partial charge in [0.25, 0.3) is 5.91 Å². The lowest BCUT2D eigenvalue weighted by Crippen LogP contribution is -2.44. The lowest BCUT2D eigenvalue weighted by molar-refractivity contribution is -0.155. The topological polar surface area (TPSA) is 84.5 Å². The second-order valence-corrected chi connectivity index (χ2v) is 5.01.